The predicted molar refractivity (Wildman–Crippen MR) is 67.6 cm³/mol. The summed E-state index contributed by atoms with van der Waals surface area (Å²) >= 11 is 5.89. The van der Waals surface area contributed by atoms with Gasteiger partial charge in [0.25, 0.3) is 9.84 Å². The molecule has 4 nitrogen and oxygen atoms in total. The third-order valence-corrected chi connectivity index (χ3v) is 5.16. The highest BCUT2D eigenvalue weighted by Gasteiger charge is 2.33. The number of hydrogen-bond donors (Lipinski definition) is 0. The van der Waals surface area contributed by atoms with Gasteiger partial charge in [0.05, 0.1) is 0 Å². The molecule has 0 aliphatic carbocycles. The summed E-state index contributed by atoms with van der Waals surface area (Å²) in [5.41, 5.74) is 0.201. The van der Waals surface area contributed by atoms with Crippen LogP contribution in [-0.4, -0.2) is 8.42 Å². The van der Waals surface area contributed by atoms with Gasteiger partial charge in [0, 0.05) is 12.1 Å². The normalized spacial score (nSPS) is 13.2. The fourth-order valence-electron chi connectivity index (χ4n) is 1.53. The Morgan fingerprint density at radius 3 is 2.37 bits per heavy atom. The first-order chi connectivity index (χ1) is 8.93. The van der Waals surface area contributed by atoms with Crippen LogP contribution in [-0.2, 0) is 9.84 Å². The minimum absolute atomic E-state index is 0.201. The highest BCUT2D eigenvalue weighted by atomic mass is 35.5. The first-order valence-corrected chi connectivity index (χ1v) is 7.23. The average molecular weight is 302 g/mol. The van der Waals surface area contributed by atoms with Crippen molar-refractivity contribution in [1.29, 1.82) is 0 Å². The van der Waals surface area contributed by atoms with E-state index in [1.807, 2.05) is 0 Å². The molecule has 0 aliphatic heterocycles. The summed E-state index contributed by atoms with van der Waals surface area (Å²) in [6, 6.07) is 8.75. The minimum Gasteiger partial charge on any atom is -0.618 e. The Morgan fingerprint density at radius 2 is 1.79 bits per heavy atom. The summed E-state index contributed by atoms with van der Waals surface area (Å²) in [6.07, 6.45) is 1.07. The number of halogens is 2. The molecular formula is C12H9ClFNO3S. The highest BCUT2D eigenvalue weighted by Crippen LogP contribution is 2.30. The summed E-state index contributed by atoms with van der Waals surface area (Å²) in [6.45, 7) is 0. The van der Waals surface area contributed by atoms with E-state index in [1.165, 1.54) is 30.3 Å². The fraction of sp³-hybridized carbons (Fsp3) is 0.0833. The molecule has 1 unspecified atom stereocenters. The molecule has 1 aromatic heterocycles. The van der Waals surface area contributed by atoms with Gasteiger partial charge in [-0.1, -0.05) is 23.7 Å². The van der Waals surface area contributed by atoms with E-state index in [1.54, 1.807) is 0 Å². The molecule has 0 saturated carbocycles. The molecule has 7 heteroatoms. The molecule has 1 aromatic carbocycles. The maximum absolute atomic E-state index is 12.8. The van der Waals surface area contributed by atoms with E-state index < -0.39 is 25.4 Å². The summed E-state index contributed by atoms with van der Waals surface area (Å²) in [5.74, 6) is -0.497. The number of rotatable bonds is 3. The number of hydrogen-bond acceptors (Lipinski definition) is 3. The second kappa shape index (κ2) is 5.14. The van der Waals surface area contributed by atoms with Gasteiger partial charge < -0.3 is 5.21 Å². The quantitative estimate of drug-likeness (QED) is 0.496. The van der Waals surface area contributed by atoms with Crippen molar-refractivity contribution in [2.45, 2.75) is 9.74 Å². The van der Waals surface area contributed by atoms with E-state index in [0.717, 1.165) is 18.3 Å². The van der Waals surface area contributed by atoms with Gasteiger partial charge in [0.1, 0.15) is 5.82 Å². The zero-order chi connectivity index (χ0) is 14.0. The van der Waals surface area contributed by atoms with Crippen molar-refractivity contribution >= 4 is 21.4 Å². The van der Waals surface area contributed by atoms with Crippen LogP contribution in [0.4, 0.5) is 4.39 Å². The van der Waals surface area contributed by atoms with E-state index in [9.17, 15) is 18.0 Å². The lowest BCUT2D eigenvalue weighted by Crippen LogP contribution is -2.34. The lowest BCUT2D eigenvalue weighted by atomic mass is 10.2. The van der Waals surface area contributed by atoms with Crippen LogP contribution in [0, 0.1) is 11.0 Å². The van der Waals surface area contributed by atoms with Crippen molar-refractivity contribution in [3.63, 3.8) is 0 Å². The maximum atomic E-state index is 12.8. The van der Waals surface area contributed by atoms with E-state index in [4.69, 9.17) is 11.6 Å². The first-order valence-electron chi connectivity index (χ1n) is 5.24. The Hall–Kier alpha value is -1.66. The number of nitrogens with zero attached hydrogens (tertiary/aromatic N) is 1. The molecule has 100 valence electrons. The molecule has 0 amide bonds. The Labute approximate surface area is 114 Å². The topological polar surface area (TPSA) is 61.1 Å². The Morgan fingerprint density at radius 1 is 1.16 bits per heavy atom. The van der Waals surface area contributed by atoms with E-state index >= 15 is 0 Å². The third kappa shape index (κ3) is 2.69. The number of alkyl halides is 1. The number of aromatic nitrogens is 1. The van der Waals surface area contributed by atoms with Gasteiger partial charge in [-0.3, -0.25) is 0 Å². The summed E-state index contributed by atoms with van der Waals surface area (Å²) in [7, 11) is -4.04. The van der Waals surface area contributed by atoms with Crippen molar-refractivity contribution in [3.05, 3.63) is 65.2 Å². The predicted octanol–water partition coefficient (Wildman–Crippen LogP) is 2.17. The zero-order valence-electron chi connectivity index (χ0n) is 9.53. The number of benzene rings is 1. The Kier molecular flexibility index (Phi) is 3.73. The van der Waals surface area contributed by atoms with Crippen molar-refractivity contribution in [2.24, 2.45) is 0 Å². The second-order valence-corrected chi connectivity index (χ2v) is 6.45. The van der Waals surface area contributed by atoms with Gasteiger partial charge in [-0.05, 0) is 23.8 Å². The van der Waals surface area contributed by atoms with Gasteiger partial charge in [0.15, 0.2) is 10.9 Å². The van der Waals surface area contributed by atoms with Crippen molar-refractivity contribution < 1.29 is 17.5 Å². The Bertz CT molecular complexity index is 688. The smallest absolute Gasteiger partial charge is 0.310 e. The molecule has 1 heterocycles. The second-order valence-electron chi connectivity index (χ2n) is 3.78. The molecule has 0 spiro atoms. The standard InChI is InChI=1S/C12H9ClFNO3S/c13-12(9-4-6-10(14)7-5-9)19(17,18)11-3-1-2-8-15(11)16/h1-8,12H. The van der Waals surface area contributed by atoms with Gasteiger partial charge in [-0.2, -0.15) is 4.73 Å². The maximum Gasteiger partial charge on any atom is 0.310 e. The molecule has 2 rings (SSSR count). The van der Waals surface area contributed by atoms with Gasteiger partial charge in [-0.25, -0.2) is 12.8 Å². The van der Waals surface area contributed by atoms with Crippen LogP contribution < -0.4 is 4.73 Å². The first kappa shape index (κ1) is 13.8. The van der Waals surface area contributed by atoms with E-state index in [0.29, 0.717) is 0 Å². The zero-order valence-corrected chi connectivity index (χ0v) is 11.1. The molecule has 1 atom stereocenters. The number of sulfone groups is 1. The van der Waals surface area contributed by atoms with Crippen molar-refractivity contribution in [1.82, 2.24) is 0 Å². The molecule has 2 aromatic rings. The van der Waals surface area contributed by atoms with Crippen LogP contribution in [0.2, 0.25) is 0 Å². The van der Waals surface area contributed by atoms with Crippen molar-refractivity contribution in [3.8, 4) is 0 Å². The fourth-order valence-corrected chi connectivity index (χ4v) is 3.26. The van der Waals surface area contributed by atoms with Gasteiger partial charge >= 0.3 is 5.03 Å². The molecule has 0 saturated heterocycles. The van der Waals surface area contributed by atoms with Crippen molar-refractivity contribution in [2.75, 3.05) is 0 Å². The van der Waals surface area contributed by atoms with Crippen LogP contribution in [0.3, 0.4) is 0 Å². The summed E-state index contributed by atoms with van der Waals surface area (Å²) in [4.78, 5) is 0. The monoisotopic (exact) mass is 301 g/mol. The molecule has 0 N–H and O–H groups in total. The van der Waals surface area contributed by atoms with Gasteiger partial charge in [0.2, 0.25) is 0 Å². The van der Waals surface area contributed by atoms with E-state index in [2.05, 4.69) is 0 Å². The SMILES string of the molecule is O=S(=O)(c1cccc[n+]1[O-])C(Cl)c1ccc(F)cc1. The highest BCUT2D eigenvalue weighted by molar-refractivity contribution is 7.92. The summed E-state index contributed by atoms with van der Waals surface area (Å²) in [5, 5.41) is 11.0. The van der Waals surface area contributed by atoms with E-state index in [-0.39, 0.29) is 10.3 Å². The average Bonchev–Trinajstić information content (AvgIpc) is 2.39. The van der Waals surface area contributed by atoms with Crippen LogP contribution in [0.1, 0.15) is 10.3 Å². The molecule has 0 radical (unpaired) electrons. The minimum atomic E-state index is -4.04. The lowest BCUT2D eigenvalue weighted by Gasteiger charge is -2.10. The third-order valence-electron chi connectivity index (χ3n) is 2.48. The number of pyridine rings is 1. The van der Waals surface area contributed by atoms with Crippen LogP contribution in [0.5, 0.6) is 0 Å². The lowest BCUT2D eigenvalue weighted by molar-refractivity contribution is -0.646. The molecule has 0 bridgehead atoms. The summed E-state index contributed by atoms with van der Waals surface area (Å²) < 4.78 is 36.0. The molecule has 19 heavy (non-hydrogen) atoms. The molecule has 0 aliphatic rings. The van der Waals surface area contributed by atoms with Crippen LogP contribution in [0.25, 0.3) is 0 Å². The largest absolute Gasteiger partial charge is 0.618 e. The van der Waals surface area contributed by atoms with Crippen LogP contribution in [0.15, 0.2) is 53.7 Å². The van der Waals surface area contributed by atoms with Gasteiger partial charge in [-0.15, -0.1) is 0 Å². The molecule has 0 fully saturated rings. The Balaban J connectivity index is 2.45. The van der Waals surface area contributed by atoms with Crippen LogP contribution >= 0.6 is 11.6 Å². The molecular weight excluding hydrogens is 293 g/mol.